The van der Waals surface area contributed by atoms with E-state index in [-0.39, 0.29) is 28.7 Å². The molecule has 1 aliphatic heterocycles. The van der Waals surface area contributed by atoms with Gasteiger partial charge in [0.05, 0.1) is 5.69 Å². The average Bonchev–Trinajstić information content (AvgIpc) is 2.77. The van der Waals surface area contributed by atoms with Crippen molar-refractivity contribution in [3.63, 3.8) is 0 Å². The van der Waals surface area contributed by atoms with Crippen LogP contribution < -0.4 is 21.3 Å². The largest absolute Gasteiger partial charge is 0.401 e. The number of rotatable bonds is 7. The first-order valence-corrected chi connectivity index (χ1v) is 10.1. The van der Waals surface area contributed by atoms with Crippen LogP contribution in [-0.4, -0.2) is 72.2 Å². The third-order valence-corrected chi connectivity index (χ3v) is 4.91. The van der Waals surface area contributed by atoms with Crippen LogP contribution in [0.25, 0.3) is 0 Å². The zero-order valence-corrected chi connectivity index (χ0v) is 18.3. The summed E-state index contributed by atoms with van der Waals surface area (Å²) in [4.78, 5) is 43.0. The van der Waals surface area contributed by atoms with E-state index in [1.165, 1.54) is 13.1 Å². The molecule has 11 heteroatoms. The monoisotopic (exact) mass is 443 g/mol. The van der Waals surface area contributed by atoms with E-state index in [0.717, 1.165) is 0 Å². The Morgan fingerprint density at radius 3 is 2.55 bits per heavy atom. The molecular formula is C20H25N7O3S. The molecule has 1 aromatic heterocycles. The highest BCUT2D eigenvalue weighted by atomic mass is 32.1. The lowest BCUT2D eigenvalue weighted by atomic mass is 10.2. The Morgan fingerprint density at radius 1 is 1.29 bits per heavy atom. The number of hydrogen-bond acceptors (Lipinski definition) is 9. The van der Waals surface area contributed by atoms with Crippen LogP contribution >= 0.6 is 12.2 Å². The number of piperazine rings is 1. The second-order valence-corrected chi connectivity index (χ2v) is 7.27. The number of hydrogen-bond donors (Lipinski definition) is 3. The minimum Gasteiger partial charge on any atom is -0.401 e. The SMILES string of the molecule is CCC(=O)C(=O)NC(=S)/C=C(\N)CN1CCN(c2ccc(C(=O)NC)nc2C#N)CC1. The molecule has 0 saturated carbocycles. The molecule has 0 aromatic carbocycles. The summed E-state index contributed by atoms with van der Waals surface area (Å²) < 4.78 is 0. The van der Waals surface area contributed by atoms with Gasteiger partial charge in [-0.2, -0.15) is 5.26 Å². The van der Waals surface area contributed by atoms with Crippen LogP contribution in [0.3, 0.4) is 0 Å². The normalized spacial score (nSPS) is 14.5. The van der Waals surface area contributed by atoms with Gasteiger partial charge in [0.1, 0.15) is 16.8 Å². The average molecular weight is 444 g/mol. The van der Waals surface area contributed by atoms with Gasteiger partial charge in [-0.25, -0.2) is 4.98 Å². The van der Waals surface area contributed by atoms with Gasteiger partial charge in [0.25, 0.3) is 11.8 Å². The molecule has 0 spiro atoms. The highest BCUT2D eigenvalue weighted by Crippen LogP contribution is 2.20. The first-order chi connectivity index (χ1) is 14.8. The maximum absolute atomic E-state index is 11.7. The van der Waals surface area contributed by atoms with Gasteiger partial charge in [-0.1, -0.05) is 19.1 Å². The molecule has 10 nitrogen and oxygen atoms in total. The van der Waals surface area contributed by atoms with Crippen LogP contribution in [0.4, 0.5) is 5.69 Å². The Morgan fingerprint density at radius 2 is 1.97 bits per heavy atom. The number of carbonyl (C=O) groups is 3. The number of nitrogens with two attached hydrogens (primary N) is 1. The molecule has 0 bridgehead atoms. The Hall–Kier alpha value is -3.36. The van der Waals surface area contributed by atoms with Crippen molar-refractivity contribution in [2.24, 2.45) is 5.73 Å². The van der Waals surface area contributed by atoms with Gasteiger partial charge in [-0.05, 0) is 18.2 Å². The Bertz CT molecular complexity index is 947. The molecular weight excluding hydrogens is 418 g/mol. The van der Waals surface area contributed by atoms with Gasteiger partial charge in [0.15, 0.2) is 5.69 Å². The number of ketones is 1. The molecule has 2 rings (SSSR count). The summed E-state index contributed by atoms with van der Waals surface area (Å²) in [5, 5.41) is 14.3. The van der Waals surface area contributed by atoms with Crippen molar-refractivity contribution in [3.8, 4) is 6.07 Å². The fourth-order valence-electron chi connectivity index (χ4n) is 3.04. The van der Waals surface area contributed by atoms with E-state index in [1.807, 2.05) is 4.90 Å². The molecule has 0 unspecified atom stereocenters. The first kappa shape index (κ1) is 23.9. The van der Waals surface area contributed by atoms with Crippen molar-refractivity contribution in [2.75, 3.05) is 44.7 Å². The van der Waals surface area contributed by atoms with Crippen LogP contribution in [0.15, 0.2) is 23.9 Å². The minimum absolute atomic E-state index is 0.101. The molecule has 164 valence electrons. The maximum atomic E-state index is 11.7. The molecule has 4 N–H and O–H groups in total. The molecule has 0 radical (unpaired) electrons. The zero-order valence-electron chi connectivity index (χ0n) is 17.5. The van der Waals surface area contributed by atoms with E-state index in [9.17, 15) is 19.6 Å². The van der Waals surface area contributed by atoms with Crippen molar-refractivity contribution < 1.29 is 14.4 Å². The molecule has 31 heavy (non-hydrogen) atoms. The highest BCUT2D eigenvalue weighted by Gasteiger charge is 2.21. The summed E-state index contributed by atoms with van der Waals surface area (Å²) in [5.74, 6) is -1.63. The number of nitrogens with one attached hydrogen (secondary N) is 2. The molecule has 2 heterocycles. The molecule has 1 saturated heterocycles. The summed E-state index contributed by atoms with van der Waals surface area (Å²) in [6, 6.07) is 5.39. The number of nitriles is 1. The quantitative estimate of drug-likeness (QED) is 0.294. The van der Waals surface area contributed by atoms with Gasteiger partial charge in [0.2, 0.25) is 5.78 Å². The van der Waals surface area contributed by atoms with Gasteiger partial charge >= 0.3 is 0 Å². The number of nitrogens with zero attached hydrogens (tertiary/aromatic N) is 4. The predicted molar refractivity (Wildman–Crippen MR) is 119 cm³/mol. The summed E-state index contributed by atoms with van der Waals surface area (Å²) in [6.45, 7) is 4.71. The molecule has 0 atom stereocenters. The second kappa shape index (κ2) is 11.1. The van der Waals surface area contributed by atoms with E-state index in [1.54, 1.807) is 19.1 Å². The summed E-state index contributed by atoms with van der Waals surface area (Å²) in [6.07, 6.45) is 1.58. The van der Waals surface area contributed by atoms with E-state index >= 15 is 0 Å². The molecule has 1 fully saturated rings. The number of aromatic nitrogens is 1. The Kier molecular flexibility index (Phi) is 8.60. The van der Waals surface area contributed by atoms with E-state index in [0.29, 0.717) is 44.1 Å². The van der Waals surface area contributed by atoms with Gasteiger partial charge in [-0.15, -0.1) is 0 Å². The number of anilines is 1. The van der Waals surface area contributed by atoms with E-state index < -0.39 is 11.7 Å². The molecule has 2 amide bonds. The van der Waals surface area contributed by atoms with Crippen LogP contribution in [0.2, 0.25) is 0 Å². The predicted octanol–water partition coefficient (Wildman–Crippen LogP) is -0.300. The fourth-order valence-corrected chi connectivity index (χ4v) is 3.29. The van der Waals surface area contributed by atoms with Gasteiger partial charge in [-0.3, -0.25) is 19.3 Å². The second-order valence-electron chi connectivity index (χ2n) is 6.83. The summed E-state index contributed by atoms with van der Waals surface area (Å²) in [5.41, 5.74) is 7.59. The van der Waals surface area contributed by atoms with Crippen molar-refractivity contribution in [3.05, 3.63) is 35.3 Å². The van der Waals surface area contributed by atoms with E-state index in [2.05, 4.69) is 26.6 Å². The number of carbonyl (C=O) groups excluding carboxylic acids is 3. The maximum Gasteiger partial charge on any atom is 0.292 e. The van der Waals surface area contributed by atoms with Crippen LogP contribution in [-0.2, 0) is 9.59 Å². The lowest BCUT2D eigenvalue weighted by Crippen LogP contribution is -2.47. The van der Waals surface area contributed by atoms with E-state index in [4.69, 9.17) is 18.0 Å². The first-order valence-electron chi connectivity index (χ1n) is 9.73. The standard InChI is InChI=1S/C20H25N7O3S/c1-3-17(28)20(30)25-18(31)10-13(22)12-26-6-8-27(9-7-26)16-5-4-14(19(29)23-2)24-15(16)11-21/h4-5,10H,3,6-9,12,22H2,1-2H3,(H,23,29)(H,25,30,31)/b13-10-. The number of pyridine rings is 1. The van der Waals surface area contributed by atoms with Crippen molar-refractivity contribution in [1.82, 2.24) is 20.5 Å². The van der Waals surface area contributed by atoms with Crippen molar-refractivity contribution >= 4 is 40.5 Å². The fraction of sp³-hybridized carbons (Fsp3) is 0.400. The highest BCUT2D eigenvalue weighted by molar-refractivity contribution is 7.80. The zero-order chi connectivity index (χ0) is 23.0. The summed E-state index contributed by atoms with van der Waals surface area (Å²) in [7, 11) is 1.51. The topological polar surface area (TPSA) is 144 Å². The molecule has 0 aliphatic carbocycles. The number of amides is 2. The molecule has 1 aliphatic rings. The number of Topliss-reactive ketones (excluding diaryl/α,β-unsaturated/α-hetero) is 1. The van der Waals surface area contributed by atoms with Crippen LogP contribution in [0.1, 0.15) is 29.5 Å². The van der Waals surface area contributed by atoms with Crippen molar-refractivity contribution in [2.45, 2.75) is 13.3 Å². The van der Waals surface area contributed by atoms with Crippen molar-refractivity contribution in [1.29, 1.82) is 5.26 Å². The Labute approximate surface area is 186 Å². The van der Waals surface area contributed by atoms with Crippen LogP contribution in [0, 0.1) is 11.3 Å². The van der Waals surface area contributed by atoms with Gasteiger partial charge in [0, 0.05) is 51.9 Å². The minimum atomic E-state index is -0.741. The lowest BCUT2D eigenvalue weighted by Gasteiger charge is -2.36. The van der Waals surface area contributed by atoms with Gasteiger partial charge < -0.3 is 21.3 Å². The smallest absolute Gasteiger partial charge is 0.292 e. The van der Waals surface area contributed by atoms with Crippen LogP contribution in [0.5, 0.6) is 0 Å². The lowest BCUT2D eigenvalue weighted by molar-refractivity contribution is -0.136. The summed E-state index contributed by atoms with van der Waals surface area (Å²) >= 11 is 5.06. The third kappa shape index (κ3) is 6.56. The third-order valence-electron chi connectivity index (χ3n) is 4.69. The molecule has 1 aromatic rings. The Balaban J connectivity index is 1.93. The number of thiocarbonyl (C=S) groups is 1.